The summed E-state index contributed by atoms with van der Waals surface area (Å²) < 4.78 is 26.0. The van der Waals surface area contributed by atoms with Gasteiger partial charge in [0.15, 0.2) is 11.6 Å². The zero-order chi connectivity index (χ0) is 16.8. The summed E-state index contributed by atoms with van der Waals surface area (Å²) >= 11 is 0. The third-order valence-corrected chi connectivity index (χ3v) is 5.82. The van der Waals surface area contributed by atoms with Crippen LogP contribution >= 0.6 is 0 Å². The van der Waals surface area contributed by atoms with Crippen molar-refractivity contribution < 1.29 is 13.9 Å². The van der Waals surface area contributed by atoms with Gasteiger partial charge in [-0.3, -0.25) is 0 Å². The third kappa shape index (κ3) is 4.64. The number of halogens is 1. The summed E-state index contributed by atoms with van der Waals surface area (Å²) in [5.74, 6) is 2.34. The molecule has 0 radical (unpaired) electrons. The van der Waals surface area contributed by atoms with Gasteiger partial charge in [0, 0.05) is 5.56 Å². The van der Waals surface area contributed by atoms with Gasteiger partial charge in [-0.05, 0) is 43.7 Å². The Morgan fingerprint density at radius 3 is 1.83 bits per heavy atom. The second kappa shape index (κ2) is 8.73. The van der Waals surface area contributed by atoms with E-state index >= 15 is 0 Å². The summed E-state index contributed by atoms with van der Waals surface area (Å²) in [5, 5.41) is 0. The Bertz CT molecular complexity index is 470. The number of rotatable bonds is 8. The van der Waals surface area contributed by atoms with E-state index in [4.69, 9.17) is 9.47 Å². The van der Waals surface area contributed by atoms with Crippen LogP contribution < -0.4 is 9.47 Å². The largest absolute Gasteiger partial charge is 0.493 e. The van der Waals surface area contributed by atoms with E-state index in [0.717, 1.165) is 24.7 Å². The molecule has 0 N–H and O–H groups in total. The lowest BCUT2D eigenvalue weighted by atomic mass is 10.1. The molecule has 0 aliphatic heterocycles. The normalized spacial score (nSPS) is 19.1. The van der Waals surface area contributed by atoms with E-state index in [1.54, 1.807) is 13.0 Å². The quantitative estimate of drug-likeness (QED) is 0.576. The van der Waals surface area contributed by atoms with Gasteiger partial charge in [0.05, 0.1) is 13.2 Å². The van der Waals surface area contributed by atoms with Crippen LogP contribution in [0.25, 0.3) is 0 Å². The van der Waals surface area contributed by atoms with Crippen LogP contribution in [0.2, 0.25) is 0 Å². The summed E-state index contributed by atoms with van der Waals surface area (Å²) in [6, 6.07) is 3.58. The van der Waals surface area contributed by atoms with Gasteiger partial charge in [0.1, 0.15) is 5.75 Å². The predicted molar refractivity (Wildman–Crippen MR) is 95.3 cm³/mol. The van der Waals surface area contributed by atoms with E-state index in [0.29, 0.717) is 30.3 Å². The van der Waals surface area contributed by atoms with Crippen LogP contribution in [0, 0.1) is 24.6 Å². The van der Waals surface area contributed by atoms with E-state index in [2.05, 4.69) is 0 Å². The van der Waals surface area contributed by atoms with Crippen LogP contribution in [0.5, 0.6) is 11.5 Å². The molecular weight excluding hydrogens is 303 g/mol. The molecule has 2 saturated carbocycles. The van der Waals surface area contributed by atoms with Crippen molar-refractivity contribution >= 4 is 0 Å². The highest BCUT2D eigenvalue weighted by atomic mass is 19.1. The first-order valence-electron chi connectivity index (χ1n) is 9.78. The van der Waals surface area contributed by atoms with Crippen molar-refractivity contribution in [3.63, 3.8) is 0 Å². The summed E-state index contributed by atoms with van der Waals surface area (Å²) in [5.41, 5.74) is 0.569. The van der Waals surface area contributed by atoms with Gasteiger partial charge >= 0.3 is 0 Å². The highest BCUT2D eigenvalue weighted by Crippen LogP contribution is 2.32. The van der Waals surface area contributed by atoms with E-state index in [1.165, 1.54) is 51.4 Å². The lowest BCUT2D eigenvalue weighted by Crippen LogP contribution is -2.07. The molecule has 2 aliphatic carbocycles. The van der Waals surface area contributed by atoms with Crippen LogP contribution in [0.3, 0.4) is 0 Å². The highest BCUT2D eigenvalue weighted by Gasteiger charge is 2.17. The van der Waals surface area contributed by atoms with Crippen molar-refractivity contribution in [2.75, 3.05) is 13.2 Å². The van der Waals surface area contributed by atoms with Gasteiger partial charge < -0.3 is 9.47 Å². The van der Waals surface area contributed by atoms with Crippen LogP contribution in [0.15, 0.2) is 12.1 Å². The molecular formula is C21H31FO2. The van der Waals surface area contributed by atoms with Gasteiger partial charge in [-0.2, -0.15) is 0 Å². The molecule has 2 nitrogen and oxygen atoms in total. The molecule has 3 heteroatoms. The molecule has 0 unspecified atom stereocenters. The molecule has 0 amide bonds. The molecule has 0 atom stereocenters. The Hall–Kier alpha value is -1.25. The maximum Gasteiger partial charge on any atom is 0.171 e. The Labute approximate surface area is 145 Å². The molecule has 0 saturated heterocycles. The minimum Gasteiger partial charge on any atom is -0.493 e. The van der Waals surface area contributed by atoms with Gasteiger partial charge in [0.25, 0.3) is 0 Å². The zero-order valence-corrected chi connectivity index (χ0v) is 15.0. The average molecular weight is 334 g/mol. The molecule has 2 fully saturated rings. The summed E-state index contributed by atoms with van der Waals surface area (Å²) in [7, 11) is 0. The van der Waals surface area contributed by atoms with Crippen LogP contribution in [0.1, 0.15) is 69.8 Å². The third-order valence-electron chi connectivity index (χ3n) is 5.82. The van der Waals surface area contributed by atoms with Gasteiger partial charge in [-0.15, -0.1) is 0 Å². The molecule has 1 aromatic carbocycles. The van der Waals surface area contributed by atoms with Gasteiger partial charge in [-0.1, -0.05) is 51.4 Å². The van der Waals surface area contributed by atoms with E-state index in [9.17, 15) is 4.39 Å². The Morgan fingerprint density at radius 2 is 1.29 bits per heavy atom. The zero-order valence-electron chi connectivity index (χ0n) is 15.0. The predicted octanol–water partition coefficient (Wildman–Crippen LogP) is 6.05. The van der Waals surface area contributed by atoms with E-state index in [1.807, 2.05) is 6.07 Å². The lowest BCUT2D eigenvalue weighted by molar-refractivity contribution is 0.260. The molecule has 24 heavy (non-hydrogen) atoms. The Balaban J connectivity index is 1.46. The molecule has 134 valence electrons. The molecule has 0 aromatic heterocycles. The topological polar surface area (TPSA) is 18.5 Å². The second-order valence-electron chi connectivity index (χ2n) is 7.58. The van der Waals surface area contributed by atoms with Crippen LogP contribution in [-0.4, -0.2) is 13.2 Å². The number of hydrogen-bond acceptors (Lipinski definition) is 2. The van der Waals surface area contributed by atoms with Crippen LogP contribution in [0.4, 0.5) is 4.39 Å². The smallest absolute Gasteiger partial charge is 0.171 e. The van der Waals surface area contributed by atoms with Crippen molar-refractivity contribution in [3.05, 3.63) is 23.5 Å². The second-order valence-corrected chi connectivity index (χ2v) is 7.58. The number of hydrogen-bond donors (Lipinski definition) is 0. The van der Waals surface area contributed by atoms with Gasteiger partial charge in [-0.25, -0.2) is 4.39 Å². The fourth-order valence-corrected chi connectivity index (χ4v) is 4.18. The monoisotopic (exact) mass is 334 g/mol. The Kier molecular flexibility index (Phi) is 6.39. The first-order valence-corrected chi connectivity index (χ1v) is 9.78. The SMILES string of the molecule is Cc1c(OCCC2CCCC2)ccc(OCCC2CCCC2)c1F. The maximum atomic E-state index is 14.5. The molecule has 0 spiro atoms. The van der Waals surface area contributed by atoms with Crippen molar-refractivity contribution in [3.8, 4) is 11.5 Å². The first kappa shape index (κ1) is 17.6. The van der Waals surface area contributed by atoms with Crippen LogP contribution in [-0.2, 0) is 0 Å². The number of benzene rings is 1. The summed E-state index contributed by atoms with van der Waals surface area (Å²) in [6.07, 6.45) is 12.8. The molecule has 3 rings (SSSR count). The minimum absolute atomic E-state index is 0.264. The number of ether oxygens (including phenoxy) is 2. The fourth-order valence-electron chi connectivity index (χ4n) is 4.18. The van der Waals surface area contributed by atoms with E-state index in [-0.39, 0.29) is 5.82 Å². The lowest BCUT2D eigenvalue weighted by Gasteiger charge is -2.15. The molecule has 0 heterocycles. The average Bonchev–Trinajstić information content (AvgIpc) is 3.27. The fraction of sp³-hybridized carbons (Fsp3) is 0.714. The highest BCUT2D eigenvalue weighted by molar-refractivity contribution is 5.41. The summed E-state index contributed by atoms with van der Waals surface area (Å²) in [6.45, 7) is 3.08. The summed E-state index contributed by atoms with van der Waals surface area (Å²) in [4.78, 5) is 0. The standard InChI is InChI=1S/C21H31FO2/c1-16-19(23-14-12-17-6-2-3-7-17)10-11-20(21(16)22)24-15-13-18-8-4-5-9-18/h10-11,17-18H,2-9,12-15H2,1H3. The van der Waals surface area contributed by atoms with Crippen molar-refractivity contribution in [1.29, 1.82) is 0 Å². The first-order chi connectivity index (χ1) is 11.7. The minimum atomic E-state index is -0.264. The van der Waals surface area contributed by atoms with Crippen molar-refractivity contribution in [2.45, 2.75) is 71.1 Å². The van der Waals surface area contributed by atoms with Crippen molar-refractivity contribution in [2.24, 2.45) is 11.8 Å². The maximum absolute atomic E-state index is 14.5. The Morgan fingerprint density at radius 1 is 0.833 bits per heavy atom. The van der Waals surface area contributed by atoms with Crippen molar-refractivity contribution in [1.82, 2.24) is 0 Å². The van der Waals surface area contributed by atoms with Gasteiger partial charge in [0.2, 0.25) is 0 Å². The molecule has 2 aliphatic rings. The van der Waals surface area contributed by atoms with E-state index < -0.39 is 0 Å². The molecule has 1 aromatic rings. The molecule has 0 bridgehead atoms.